The number of aryl methyl sites for hydroxylation is 1. The lowest BCUT2D eigenvalue weighted by atomic mass is 10.1. The minimum Gasteiger partial charge on any atom is -0.326 e. The zero-order valence-corrected chi connectivity index (χ0v) is 13.9. The second-order valence-electron chi connectivity index (χ2n) is 5.51. The van der Waals surface area contributed by atoms with Crippen LogP contribution in [0.5, 0.6) is 0 Å². The van der Waals surface area contributed by atoms with Gasteiger partial charge in [-0.3, -0.25) is 9.59 Å². The van der Waals surface area contributed by atoms with Crippen LogP contribution in [0.3, 0.4) is 0 Å². The second-order valence-corrected chi connectivity index (χ2v) is 5.51. The quantitative estimate of drug-likeness (QED) is 0.633. The topological polar surface area (TPSA) is 70.6 Å². The number of para-hydroxylation sites is 1. The molecule has 2 aromatic carbocycles. The molecule has 24 heavy (non-hydrogen) atoms. The summed E-state index contributed by atoms with van der Waals surface area (Å²) in [6.07, 6.45) is 0.198. The number of rotatable bonds is 6. The molecule has 0 atom stereocenters. The van der Waals surface area contributed by atoms with Crippen molar-refractivity contribution in [3.05, 3.63) is 65.7 Å². The average Bonchev–Trinajstić information content (AvgIpc) is 2.59. The third-order valence-corrected chi connectivity index (χ3v) is 3.45. The normalized spacial score (nSPS) is 11.0. The molecule has 124 valence electrons. The summed E-state index contributed by atoms with van der Waals surface area (Å²) in [4.78, 5) is 23.6. The van der Waals surface area contributed by atoms with Gasteiger partial charge in [-0.25, -0.2) is 5.43 Å². The van der Waals surface area contributed by atoms with Crippen LogP contribution < -0.4 is 10.7 Å². The monoisotopic (exact) mass is 323 g/mol. The minimum absolute atomic E-state index is 0.0867. The maximum atomic E-state index is 11.8. The van der Waals surface area contributed by atoms with Gasteiger partial charge in [0, 0.05) is 18.5 Å². The van der Waals surface area contributed by atoms with Crippen LogP contribution in [0, 0.1) is 6.92 Å². The molecular weight excluding hydrogens is 302 g/mol. The van der Waals surface area contributed by atoms with Gasteiger partial charge >= 0.3 is 0 Å². The molecule has 0 unspecified atom stereocenters. The molecule has 0 fully saturated rings. The highest BCUT2D eigenvalue weighted by Gasteiger charge is 2.07. The molecule has 0 saturated heterocycles. The Kier molecular flexibility index (Phi) is 6.25. The van der Waals surface area contributed by atoms with Crippen molar-refractivity contribution in [3.63, 3.8) is 0 Å². The van der Waals surface area contributed by atoms with E-state index in [0.29, 0.717) is 0 Å². The van der Waals surface area contributed by atoms with E-state index in [4.69, 9.17) is 0 Å². The Hall–Kier alpha value is -2.95. The van der Waals surface area contributed by atoms with E-state index in [-0.39, 0.29) is 24.7 Å². The first-order chi connectivity index (χ1) is 11.5. The summed E-state index contributed by atoms with van der Waals surface area (Å²) in [6.45, 7) is 3.84. The standard InChI is InChI=1S/C19H21N3O2/c1-14-8-10-16(11-9-14)15(2)21-22-19(24)13-12-18(23)20-17-6-4-3-5-7-17/h3-11H,12-13H2,1-2H3,(H,20,23)(H,22,24)/b21-15-. The van der Waals surface area contributed by atoms with Crippen molar-refractivity contribution >= 4 is 23.2 Å². The van der Waals surface area contributed by atoms with Crippen molar-refractivity contribution in [1.29, 1.82) is 0 Å². The molecule has 0 aromatic heterocycles. The highest BCUT2D eigenvalue weighted by Crippen LogP contribution is 2.06. The van der Waals surface area contributed by atoms with Crippen LogP contribution in [-0.4, -0.2) is 17.5 Å². The van der Waals surface area contributed by atoms with Gasteiger partial charge in [0.25, 0.3) is 0 Å². The predicted octanol–water partition coefficient (Wildman–Crippen LogP) is 3.25. The number of benzene rings is 2. The van der Waals surface area contributed by atoms with E-state index >= 15 is 0 Å². The van der Waals surface area contributed by atoms with E-state index in [1.807, 2.05) is 56.3 Å². The lowest BCUT2D eigenvalue weighted by Gasteiger charge is -2.05. The molecular formula is C19H21N3O2. The highest BCUT2D eigenvalue weighted by molar-refractivity contribution is 5.99. The summed E-state index contributed by atoms with van der Waals surface area (Å²) in [5, 5.41) is 6.81. The third-order valence-electron chi connectivity index (χ3n) is 3.45. The maximum Gasteiger partial charge on any atom is 0.240 e. The van der Waals surface area contributed by atoms with Gasteiger partial charge in [-0.15, -0.1) is 0 Å². The molecule has 2 aromatic rings. The van der Waals surface area contributed by atoms with Gasteiger partial charge in [-0.1, -0.05) is 48.0 Å². The van der Waals surface area contributed by atoms with E-state index in [1.165, 1.54) is 5.56 Å². The smallest absolute Gasteiger partial charge is 0.240 e. The van der Waals surface area contributed by atoms with E-state index in [9.17, 15) is 9.59 Å². The summed E-state index contributed by atoms with van der Waals surface area (Å²) in [6, 6.07) is 17.0. The zero-order chi connectivity index (χ0) is 17.4. The van der Waals surface area contributed by atoms with Gasteiger partial charge in [0.1, 0.15) is 0 Å². The average molecular weight is 323 g/mol. The molecule has 5 heteroatoms. The summed E-state index contributed by atoms with van der Waals surface area (Å²) in [7, 11) is 0. The number of amides is 2. The molecule has 0 bridgehead atoms. The molecule has 0 heterocycles. The minimum atomic E-state index is -0.287. The number of nitrogens with one attached hydrogen (secondary N) is 2. The largest absolute Gasteiger partial charge is 0.326 e. The van der Waals surface area contributed by atoms with Crippen LogP contribution >= 0.6 is 0 Å². The van der Waals surface area contributed by atoms with E-state index in [1.54, 1.807) is 12.1 Å². The van der Waals surface area contributed by atoms with Gasteiger partial charge in [-0.2, -0.15) is 5.10 Å². The van der Waals surface area contributed by atoms with Crippen LogP contribution in [0.1, 0.15) is 30.9 Å². The van der Waals surface area contributed by atoms with Crippen molar-refractivity contribution in [2.45, 2.75) is 26.7 Å². The van der Waals surface area contributed by atoms with E-state index < -0.39 is 0 Å². The van der Waals surface area contributed by atoms with Crippen LogP contribution in [-0.2, 0) is 9.59 Å². The van der Waals surface area contributed by atoms with Crippen molar-refractivity contribution in [2.75, 3.05) is 5.32 Å². The first kappa shape index (κ1) is 17.4. The van der Waals surface area contributed by atoms with Gasteiger partial charge in [0.05, 0.1) is 5.71 Å². The summed E-state index contributed by atoms with van der Waals surface area (Å²) < 4.78 is 0. The molecule has 5 nitrogen and oxygen atoms in total. The molecule has 0 aliphatic rings. The van der Waals surface area contributed by atoms with E-state index in [2.05, 4.69) is 15.8 Å². The Labute approximate surface area is 141 Å². The van der Waals surface area contributed by atoms with Crippen molar-refractivity contribution in [3.8, 4) is 0 Å². The maximum absolute atomic E-state index is 11.8. The number of hydrogen-bond donors (Lipinski definition) is 2. The number of hydrogen-bond acceptors (Lipinski definition) is 3. The Bertz CT molecular complexity index is 722. The van der Waals surface area contributed by atoms with Gasteiger partial charge in [0.2, 0.25) is 11.8 Å². The molecule has 0 radical (unpaired) electrons. The number of hydrazone groups is 1. The van der Waals surface area contributed by atoms with E-state index in [0.717, 1.165) is 17.0 Å². The van der Waals surface area contributed by atoms with Crippen LogP contribution in [0.25, 0.3) is 0 Å². The van der Waals surface area contributed by atoms with Crippen LogP contribution in [0.2, 0.25) is 0 Å². The summed E-state index contributed by atoms with van der Waals surface area (Å²) >= 11 is 0. The van der Waals surface area contributed by atoms with Crippen molar-refractivity contribution in [2.24, 2.45) is 5.10 Å². The first-order valence-corrected chi connectivity index (χ1v) is 7.79. The van der Waals surface area contributed by atoms with Crippen molar-refractivity contribution in [1.82, 2.24) is 5.43 Å². The number of carbonyl (C=O) groups excluding carboxylic acids is 2. The Morgan fingerprint density at radius 2 is 1.54 bits per heavy atom. The first-order valence-electron chi connectivity index (χ1n) is 7.79. The SMILES string of the molecule is C/C(=N/NC(=O)CCC(=O)Nc1ccccc1)c1ccc(C)cc1. The van der Waals surface area contributed by atoms with Crippen LogP contribution in [0.15, 0.2) is 59.7 Å². The molecule has 2 rings (SSSR count). The number of anilines is 1. The Morgan fingerprint density at radius 1 is 0.917 bits per heavy atom. The molecule has 0 aliphatic heterocycles. The fourth-order valence-corrected chi connectivity index (χ4v) is 2.03. The van der Waals surface area contributed by atoms with Crippen LogP contribution in [0.4, 0.5) is 5.69 Å². The second kappa shape index (κ2) is 8.62. The Morgan fingerprint density at radius 3 is 2.21 bits per heavy atom. The lowest BCUT2D eigenvalue weighted by Crippen LogP contribution is -2.21. The van der Waals surface area contributed by atoms with Gasteiger partial charge in [0.15, 0.2) is 0 Å². The molecule has 0 aliphatic carbocycles. The third kappa shape index (κ3) is 5.68. The number of carbonyl (C=O) groups is 2. The fraction of sp³-hybridized carbons (Fsp3) is 0.211. The van der Waals surface area contributed by atoms with Gasteiger partial charge < -0.3 is 5.32 Å². The van der Waals surface area contributed by atoms with Crippen molar-refractivity contribution < 1.29 is 9.59 Å². The number of nitrogens with zero attached hydrogens (tertiary/aromatic N) is 1. The molecule has 0 spiro atoms. The summed E-state index contributed by atoms with van der Waals surface area (Å²) in [5.41, 5.74) is 6.04. The molecule has 2 N–H and O–H groups in total. The fourth-order valence-electron chi connectivity index (χ4n) is 2.03. The zero-order valence-electron chi connectivity index (χ0n) is 13.9. The predicted molar refractivity (Wildman–Crippen MR) is 95.8 cm³/mol. The molecule has 0 saturated carbocycles. The van der Waals surface area contributed by atoms with Gasteiger partial charge in [-0.05, 0) is 31.5 Å². The summed E-state index contributed by atoms with van der Waals surface area (Å²) in [5.74, 6) is -0.486. The Balaban J connectivity index is 1.77. The highest BCUT2D eigenvalue weighted by atomic mass is 16.2. The lowest BCUT2D eigenvalue weighted by molar-refractivity contribution is -0.124. The molecule has 2 amide bonds.